The second-order valence-electron chi connectivity index (χ2n) is 3.64. The van der Waals surface area contributed by atoms with Crippen molar-refractivity contribution in [3.63, 3.8) is 0 Å². The van der Waals surface area contributed by atoms with Crippen LogP contribution in [0.25, 0.3) is 0 Å². The molecule has 4 nitrogen and oxygen atoms in total. The lowest BCUT2D eigenvalue weighted by Crippen LogP contribution is -2.08. The first kappa shape index (κ1) is 11.3. The van der Waals surface area contributed by atoms with Crippen molar-refractivity contribution in [1.29, 1.82) is 0 Å². The van der Waals surface area contributed by atoms with E-state index in [1.54, 1.807) is 30.3 Å². The zero-order chi connectivity index (χ0) is 11.7. The first-order valence-electron chi connectivity index (χ1n) is 4.87. The Balaban J connectivity index is 2.47. The minimum absolute atomic E-state index is 0.712. The molecule has 0 radical (unpaired) electrons. The fourth-order valence-electron chi connectivity index (χ4n) is 1.64. The molecule has 2 aromatic heterocycles. The predicted octanol–water partition coefficient (Wildman–Crippen LogP) is 1.97. The van der Waals surface area contributed by atoms with E-state index in [-0.39, 0.29) is 0 Å². The summed E-state index contributed by atoms with van der Waals surface area (Å²) in [6, 6.07) is 1.88. The number of hydrogen-bond donors (Lipinski definition) is 1. The fraction of sp³-hybridized carbons (Fsp3) is 0.273. The first-order valence-corrected chi connectivity index (χ1v) is 5.66. The average Bonchev–Trinajstić information content (AvgIpc) is 2.58. The molecule has 0 fully saturated rings. The molecule has 0 bridgehead atoms. The Bertz CT molecular complexity index is 490. The third kappa shape index (κ3) is 1.88. The second kappa shape index (κ2) is 4.35. The summed E-state index contributed by atoms with van der Waals surface area (Å²) in [5.74, 6) is 0. The fourth-order valence-corrected chi connectivity index (χ4v) is 2.20. The van der Waals surface area contributed by atoms with Gasteiger partial charge in [0, 0.05) is 25.0 Å². The highest BCUT2D eigenvalue weighted by Crippen LogP contribution is 2.28. The molecule has 0 aliphatic heterocycles. The highest BCUT2D eigenvalue weighted by Gasteiger charge is 2.19. The average molecular weight is 282 g/mol. The van der Waals surface area contributed by atoms with Gasteiger partial charge >= 0.3 is 0 Å². The molecule has 0 aromatic carbocycles. The van der Waals surface area contributed by atoms with E-state index in [0.717, 1.165) is 21.3 Å². The van der Waals surface area contributed by atoms with Gasteiger partial charge in [0.2, 0.25) is 0 Å². The van der Waals surface area contributed by atoms with Crippen molar-refractivity contribution in [2.45, 2.75) is 13.0 Å². The van der Waals surface area contributed by atoms with E-state index in [1.807, 2.05) is 13.0 Å². The Morgan fingerprint density at radius 3 is 2.75 bits per heavy atom. The number of aryl methyl sites for hydroxylation is 2. The molecular weight excluding hydrogens is 270 g/mol. The zero-order valence-corrected chi connectivity index (χ0v) is 10.6. The van der Waals surface area contributed by atoms with Gasteiger partial charge in [0.05, 0.1) is 16.4 Å². The van der Waals surface area contributed by atoms with Crippen LogP contribution in [0.4, 0.5) is 0 Å². The number of nitrogens with zero attached hydrogens (tertiary/aromatic N) is 3. The predicted molar refractivity (Wildman–Crippen MR) is 63.9 cm³/mol. The molecule has 1 unspecified atom stereocenters. The summed E-state index contributed by atoms with van der Waals surface area (Å²) >= 11 is 3.38. The van der Waals surface area contributed by atoms with Crippen molar-refractivity contribution in [3.05, 3.63) is 46.0 Å². The Morgan fingerprint density at radius 2 is 2.19 bits per heavy atom. The van der Waals surface area contributed by atoms with E-state index < -0.39 is 6.10 Å². The Morgan fingerprint density at radius 1 is 1.44 bits per heavy atom. The van der Waals surface area contributed by atoms with Crippen molar-refractivity contribution >= 4 is 15.9 Å². The van der Waals surface area contributed by atoms with Gasteiger partial charge in [0.15, 0.2) is 0 Å². The van der Waals surface area contributed by atoms with Gasteiger partial charge in [-0.3, -0.25) is 9.67 Å². The van der Waals surface area contributed by atoms with Crippen molar-refractivity contribution in [1.82, 2.24) is 14.8 Å². The summed E-state index contributed by atoms with van der Waals surface area (Å²) in [5.41, 5.74) is 2.54. The minimum Gasteiger partial charge on any atom is -0.382 e. The van der Waals surface area contributed by atoms with Crippen molar-refractivity contribution in [2.75, 3.05) is 0 Å². The van der Waals surface area contributed by atoms with Crippen LogP contribution in [0.15, 0.2) is 29.1 Å². The van der Waals surface area contributed by atoms with Crippen LogP contribution in [-0.2, 0) is 7.05 Å². The molecule has 1 atom stereocenters. The molecule has 5 heteroatoms. The van der Waals surface area contributed by atoms with Gasteiger partial charge in [-0.2, -0.15) is 5.10 Å². The number of aromatic nitrogens is 3. The highest BCUT2D eigenvalue weighted by atomic mass is 79.9. The number of hydrogen-bond acceptors (Lipinski definition) is 3. The zero-order valence-electron chi connectivity index (χ0n) is 9.05. The van der Waals surface area contributed by atoms with Crippen molar-refractivity contribution < 1.29 is 5.11 Å². The molecule has 0 spiro atoms. The third-order valence-electron chi connectivity index (χ3n) is 2.57. The smallest absolute Gasteiger partial charge is 0.124 e. The summed E-state index contributed by atoms with van der Waals surface area (Å²) in [7, 11) is 1.80. The van der Waals surface area contributed by atoms with Crippen LogP contribution in [0.3, 0.4) is 0 Å². The lowest BCUT2D eigenvalue weighted by atomic mass is 10.0. The van der Waals surface area contributed by atoms with Gasteiger partial charge in [0.1, 0.15) is 6.10 Å². The molecule has 0 saturated carbocycles. The SMILES string of the molecule is Cc1ccncc1C(O)c1c(Br)cnn1C. The molecule has 0 aliphatic rings. The topological polar surface area (TPSA) is 50.9 Å². The van der Waals surface area contributed by atoms with Gasteiger partial charge in [-0.1, -0.05) is 0 Å². The minimum atomic E-state index is -0.712. The summed E-state index contributed by atoms with van der Waals surface area (Å²) in [6.45, 7) is 1.95. The molecule has 2 aromatic rings. The molecule has 2 rings (SSSR count). The summed E-state index contributed by atoms with van der Waals surface area (Å²) in [6.07, 6.45) is 4.35. The lowest BCUT2D eigenvalue weighted by Gasteiger charge is -2.14. The van der Waals surface area contributed by atoms with Gasteiger partial charge in [-0.05, 0) is 34.5 Å². The molecule has 0 saturated heterocycles. The van der Waals surface area contributed by atoms with E-state index in [9.17, 15) is 5.11 Å². The quantitative estimate of drug-likeness (QED) is 0.916. The maximum absolute atomic E-state index is 10.3. The largest absolute Gasteiger partial charge is 0.382 e. The molecule has 0 amide bonds. The maximum Gasteiger partial charge on any atom is 0.124 e. The van der Waals surface area contributed by atoms with Crippen LogP contribution in [0.1, 0.15) is 22.9 Å². The normalized spacial score (nSPS) is 12.8. The Hall–Kier alpha value is -1.20. The van der Waals surface area contributed by atoms with Crippen LogP contribution in [0, 0.1) is 6.92 Å². The van der Waals surface area contributed by atoms with E-state index in [1.165, 1.54) is 0 Å². The van der Waals surface area contributed by atoms with E-state index in [4.69, 9.17) is 0 Å². The maximum atomic E-state index is 10.3. The van der Waals surface area contributed by atoms with E-state index in [0.29, 0.717) is 0 Å². The summed E-state index contributed by atoms with van der Waals surface area (Å²) in [4.78, 5) is 4.03. The second-order valence-corrected chi connectivity index (χ2v) is 4.49. The van der Waals surface area contributed by atoms with E-state index in [2.05, 4.69) is 26.0 Å². The molecule has 16 heavy (non-hydrogen) atoms. The number of halogens is 1. The van der Waals surface area contributed by atoms with Crippen LogP contribution in [0.5, 0.6) is 0 Å². The van der Waals surface area contributed by atoms with Gasteiger partial charge in [-0.15, -0.1) is 0 Å². The molecule has 0 aliphatic carbocycles. The van der Waals surface area contributed by atoms with Crippen LogP contribution in [-0.4, -0.2) is 19.9 Å². The first-order chi connectivity index (χ1) is 7.61. The highest BCUT2D eigenvalue weighted by molar-refractivity contribution is 9.10. The van der Waals surface area contributed by atoms with E-state index >= 15 is 0 Å². The molecule has 1 N–H and O–H groups in total. The molecular formula is C11H12BrN3O. The third-order valence-corrected chi connectivity index (χ3v) is 3.18. The standard InChI is InChI=1S/C11H12BrN3O/c1-7-3-4-13-5-8(7)11(16)10-9(12)6-14-15(10)2/h3-6,11,16H,1-2H3. The number of aliphatic hydroxyl groups is 1. The van der Waals surface area contributed by atoms with Crippen molar-refractivity contribution in [2.24, 2.45) is 7.05 Å². The number of rotatable bonds is 2. The van der Waals surface area contributed by atoms with Crippen LogP contribution < -0.4 is 0 Å². The summed E-state index contributed by atoms with van der Waals surface area (Å²) in [5, 5.41) is 14.4. The molecule has 84 valence electrons. The lowest BCUT2D eigenvalue weighted by molar-refractivity contribution is 0.208. The monoisotopic (exact) mass is 281 g/mol. The van der Waals surface area contributed by atoms with Gasteiger partial charge in [0.25, 0.3) is 0 Å². The van der Waals surface area contributed by atoms with Crippen LogP contribution in [0.2, 0.25) is 0 Å². The van der Waals surface area contributed by atoms with Gasteiger partial charge in [-0.25, -0.2) is 0 Å². The van der Waals surface area contributed by atoms with Crippen LogP contribution >= 0.6 is 15.9 Å². The summed E-state index contributed by atoms with van der Waals surface area (Å²) < 4.78 is 2.45. The van der Waals surface area contributed by atoms with Gasteiger partial charge < -0.3 is 5.11 Å². The number of pyridine rings is 1. The Kier molecular flexibility index (Phi) is 3.07. The Labute approximate surface area is 102 Å². The number of aliphatic hydroxyl groups excluding tert-OH is 1. The van der Waals surface area contributed by atoms with Crippen molar-refractivity contribution in [3.8, 4) is 0 Å². The molecule has 2 heterocycles.